The first-order chi connectivity index (χ1) is 11.2. The summed E-state index contributed by atoms with van der Waals surface area (Å²) in [5.74, 6) is 1.49. The molecule has 1 atom stereocenters. The van der Waals surface area contributed by atoms with Crippen molar-refractivity contribution in [1.82, 2.24) is 15.5 Å². The van der Waals surface area contributed by atoms with E-state index in [4.69, 9.17) is 9.26 Å². The first kappa shape index (κ1) is 15.7. The number of amides is 1. The Kier molecular flexibility index (Phi) is 5.02. The molecule has 0 saturated carbocycles. The lowest BCUT2D eigenvalue weighted by atomic mass is 10.1. The van der Waals surface area contributed by atoms with E-state index in [0.29, 0.717) is 37.0 Å². The van der Waals surface area contributed by atoms with Gasteiger partial charge >= 0.3 is 0 Å². The predicted octanol–water partition coefficient (Wildman–Crippen LogP) is 2.13. The molecule has 0 radical (unpaired) electrons. The van der Waals surface area contributed by atoms with Crippen molar-refractivity contribution >= 4 is 5.91 Å². The zero-order valence-electron chi connectivity index (χ0n) is 13.2. The van der Waals surface area contributed by atoms with Gasteiger partial charge < -0.3 is 14.6 Å². The van der Waals surface area contributed by atoms with E-state index in [1.54, 1.807) is 0 Å². The zero-order valence-corrected chi connectivity index (χ0v) is 13.2. The normalized spacial score (nSPS) is 17.3. The van der Waals surface area contributed by atoms with E-state index in [-0.39, 0.29) is 5.91 Å². The van der Waals surface area contributed by atoms with E-state index in [9.17, 15) is 4.79 Å². The number of hydrogen-bond donors (Lipinski definition) is 1. The summed E-state index contributed by atoms with van der Waals surface area (Å²) in [6.07, 6.45) is 1.82. The molecule has 122 valence electrons. The number of nitrogens with zero attached hydrogens (tertiary/aromatic N) is 2. The number of hydrogen-bond acceptors (Lipinski definition) is 5. The number of carbonyl (C=O) groups excluding carboxylic acids is 1. The molecule has 1 N–H and O–H groups in total. The minimum Gasteiger partial charge on any atom is -0.381 e. The van der Waals surface area contributed by atoms with Gasteiger partial charge in [0.2, 0.25) is 17.6 Å². The van der Waals surface area contributed by atoms with Gasteiger partial charge in [0, 0.05) is 37.5 Å². The molecule has 2 heterocycles. The van der Waals surface area contributed by atoms with Gasteiger partial charge in [0.25, 0.3) is 0 Å². The van der Waals surface area contributed by atoms with Gasteiger partial charge in [0.15, 0.2) is 0 Å². The minimum absolute atomic E-state index is 0.00647. The number of aromatic nitrogens is 2. The fraction of sp³-hybridized carbons (Fsp3) is 0.471. The lowest BCUT2D eigenvalue weighted by Gasteiger charge is -2.08. The molecule has 0 unspecified atom stereocenters. The Hall–Kier alpha value is -2.21. The van der Waals surface area contributed by atoms with Gasteiger partial charge in [0.05, 0.1) is 6.61 Å². The number of rotatable bonds is 6. The van der Waals surface area contributed by atoms with E-state index >= 15 is 0 Å². The van der Waals surface area contributed by atoms with Crippen LogP contribution in [0.3, 0.4) is 0 Å². The summed E-state index contributed by atoms with van der Waals surface area (Å²) in [6, 6.07) is 7.93. The Morgan fingerprint density at radius 1 is 1.35 bits per heavy atom. The molecular weight excluding hydrogens is 294 g/mol. The number of carbonyl (C=O) groups is 1. The lowest BCUT2D eigenvalue weighted by Crippen LogP contribution is -2.29. The van der Waals surface area contributed by atoms with Gasteiger partial charge in [-0.3, -0.25) is 4.79 Å². The van der Waals surface area contributed by atoms with Crippen molar-refractivity contribution < 1.29 is 14.1 Å². The second-order valence-corrected chi connectivity index (χ2v) is 5.91. The van der Waals surface area contributed by atoms with Crippen molar-refractivity contribution in [1.29, 1.82) is 0 Å². The molecule has 2 aromatic rings. The van der Waals surface area contributed by atoms with Crippen LogP contribution in [0.25, 0.3) is 11.4 Å². The average molecular weight is 315 g/mol. The molecule has 6 nitrogen and oxygen atoms in total. The largest absolute Gasteiger partial charge is 0.381 e. The van der Waals surface area contributed by atoms with Crippen LogP contribution in [-0.4, -0.2) is 35.8 Å². The molecule has 1 aliphatic heterocycles. The topological polar surface area (TPSA) is 77.2 Å². The highest BCUT2D eigenvalue weighted by molar-refractivity contribution is 5.76. The van der Waals surface area contributed by atoms with Crippen molar-refractivity contribution in [2.24, 2.45) is 5.92 Å². The first-order valence-electron chi connectivity index (χ1n) is 7.95. The highest BCUT2D eigenvalue weighted by atomic mass is 16.5. The Bertz CT molecular complexity index is 645. The van der Waals surface area contributed by atoms with Crippen LogP contribution in [0.2, 0.25) is 0 Å². The van der Waals surface area contributed by atoms with Crippen LogP contribution in [-0.2, 0) is 16.0 Å². The molecule has 0 aliphatic carbocycles. The van der Waals surface area contributed by atoms with Crippen molar-refractivity contribution in [3.05, 3.63) is 35.7 Å². The summed E-state index contributed by atoms with van der Waals surface area (Å²) >= 11 is 0. The van der Waals surface area contributed by atoms with Gasteiger partial charge in [-0.15, -0.1) is 0 Å². The van der Waals surface area contributed by atoms with Crippen LogP contribution in [0.4, 0.5) is 0 Å². The maximum absolute atomic E-state index is 11.8. The highest BCUT2D eigenvalue weighted by Crippen LogP contribution is 2.17. The monoisotopic (exact) mass is 315 g/mol. The fourth-order valence-corrected chi connectivity index (χ4v) is 2.49. The Morgan fingerprint density at radius 2 is 2.17 bits per heavy atom. The van der Waals surface area contributed by atoms with Crippen molar-refractivity contribution in [3.8, 4) is 11.4 Å². The Labute approximate surface area is 135 Å². The van der Waals surface area contributed by atoms with Gasteiger partial charge in [-0.2, -0.15) is 4.98 Å². The maximum atomic E-state index is 11.8. The SMILES string of the molecule is Cc1ccc(-c2noc(CCC(=O)NC[C@@H]3CCOC3)n2)cc1. The fourth-order valence-electron chi connectivity index (χ4n) is 2.49. The summed E-state index contributed by atoms with van der Waals surface area (Å²) in [7, 11) is 0. The molecular formula is C17H21N3O3. The number of benzene rings is 1. The lowest BCUT2D eigenvalue weighted by molar-refractivity contribution is -0.121. The summed E-state index contributed by atoms with van der Waals surface area (Å²) in [4.78, 5) is 16.2. The van der Waals surface area contributed by atoms with Crippen molar-refractivity contribution in [3.63, 3.8) is 0 Å². The van der Waals surface area contributed by atoms with E-state index < -0.39 is 0 Å². The molecule has 1 amide bonds. The van der Waals surface area contributed by atoms with Gasteiger partial charge in [-0.1, -0.05) is 35.0 Å². The predicted molar refractivity (Wildman–Crippen MR) is 84.7 cm³/mol. The molecule has 1 aromatic heterocycles. The van der Waals surface area contributed by atoms with E-state index in [2.05, 4.69) is 15.5 Å². The third-order valence-electron chi connectivity index (χ3n) is 3.96. The smallest absolute Gasteiger partial charge is 0.227 e. The molecule has 1 fully saturated rings. The van der Waals surface area contributed by atoms with Gasteiger partial charge in [0.1, 0.15) is 0 Å². The molecule has 1 saturated heterocycles. The number of ether oxygens (including phenoxy) is 1. The second-order valence-electron chi connectivity index (χ2n) is 5.91. The molecule has 0 bridgehead atoms. The summed E-state index contributed by atoms with van der Waals surface area (Å²) in [5, 5.41) is 6.90. The number of aryl methyl sites for hydroxylation is 2. The molecule has 1 aliphatic rings. The molecule has 6 heteroatoms. The summed E-state index contributed by atoms with van der Waals surface area (Å²) in [5.41, 5.74) is 2.10. The van der Waals surface area contributed by atoms with Crippen LogP contribution in [0.15, 0.2) is 28.8 Å². The van der Waals surface area contributed by atoms with Gasteiger partial charge in [-0.05, 0) is 13.3 Å². The Morgan fingerprint density at radius 3 is 2.91 bits per heavy atom. The minimum atomic E-state index is 0.00647. The first-order valence-corrected chi connectivity index (χ1v) is 7.95. The summed E-state index contributed by atoms with van der Waals surface area (Å²) < 4.78 is 10.5. The zero-order chi connectivity index (χ0) is 16.1. The summed E-state index contributed by atoms with van der Waals surface area (Å²) in [6.45, 7) is 4.24. The number of nitrogens with one attached hydrogen (secondary N) is 1. The second kappa shape index (κ2) is 7.37. The molecule has 23 heavy (non-hydrogen) atoms. The standard InChI is InChI=1S/C17H21N3O3/c1-12-2-4-14(5-3-12)17-19-16(23-20-17)7-6-15(21)18-10-13-8-9-22-11-13/h2-5,13H,6-11H2,1H3,(H,18,21)/t13-/m0/s1. The third kappa shape index (κ3) is 4.39. The van der Waals surface area contributed by atoms with E-state index in [1.807, 2.05) is 31.2 Å². The van der Waals surface area contributed by atoms with Crippen LogP contribution in [0.5, 0.6) is 0 Å². The highest BCUT2D eigenvalue weighted by Gasteiger charge is 2.16. The quantitative estimate of drug-likeness (QED) is 0.883. The Balaban J connectivity index is 1.47. The third-order valence-corrected chi connectivity index (χ3v) is 3.96. The van der Waals surface area contributed by atoms with Crippen LogP contribution >= 0.6 is 0 Å². The van der Waals surface area contributed by atoms with Crippen LogP contribution in [0.1, 0.15) is 24.3 Å². The maximum Gasteiger partial charge on any atom is 0.227 e. The molecule has 0 spiro atoms. The van der Waals surface area contributed by atoms with Crippen LogP contribution < -0.4 is 5.32 Å². The van der Waals surface area contributed by atoms with Crippen molar-refractivity contribution in [2.45, 2.75) is 26.2 Å². The average Bonchev–Trinajstić information content (AvgIpc) is 3.23. The van der Waals surface area contributed by atoms with Crippen LogP contribution in [0, 0.1) is 12.8 Å². The molecule has 3 rings (SSSR count). The molecule has 1 aromatic carbocycles. The van der Waals surface area contributed by atoms with Crippen molar-refractivity contribution in [2.75, 3.05) is 19.8 Å². The van der Waals surface area contributed by atoms with E-state index in [1.165, 1.54) is 5.56 Å². The van der Waals surface area contributed by atoms with Gasteiger partial charge in [-0.25, -0.2) is 0 Å². The van der Waals surface area contributed by atoms with E-state index in [0.717, 1.165) is 25.2 Å².